The fraction of sp³-hybridized carbons (Fsp3) is 0.364. The second-order valence-corrected chi connectivity index (χ2v) is 7.37. The molecule has 1 N–H and O–H groups in total. The Bertz CT molecular complexity index is 929. The minimum Gasteiger partial charge on any atom is -0.347 e. The van der Waals surface area contributed by atoms with Gasteiger partial charge in [0.25, 0.3) is 0 Å². The molecule has 1 fully saturated rings. The summed E-state index contributed by atoms with van der Waals surface area (Å²) < 4.78 is 53.5. The van der Waals surface area contributed by atoms with Gasteiger partial charge in [-0.1, -0.05) is 30.3 Å². The van der Waals surface area contributed by atoms with Crippen LogP contribution in [0.1, 0.15) is 48.4 Å². The predicted octanol–water partition coefficient (Wildman–Crippen LogP) is 4.43. The van der Waals surface area contributed by atoms with Crippen LogP contribution in [0.2, 0.25) is 0 Å². The number of rotatable bonds is 6. The Kier molecular flexibility index (Phi) is 6.43. The lowest BCUT2D eigenvalue weighted by molar-refractivity contribution is -0.137. The minimum atomic E-state index is -4.53. The van der Waals surface area contributed by atoms with Crippen molar-refractivity contribution in [3.05, 3.63) is 71.0 Å². The summed E-state index contributed by atoms with van der Waals surface area (Å²) in [5.74, 6) is -2.03. The molecule has 0 bridgehead atoms. The summed E-state index contributed by atoms with van der Waals surface area (Å²) in [6.07, 6.45) is -3.50. The van der Waals surface area contributed by atoms with Crippen molar-refractivity contribution in [2.75, 3.05) is 13.1 Å². The summed E-state index contributed by atoms with van der Waals surface area (Å²) in [5, 5.41) is 2.72. The molecule has 2 unspecified atom stereocenters. The van der Waals surface area contributed by atoms with Gasteiger partial charge in [-0.2, -0.15) is 13.2 Å². The summed E-state index contributed by atoms with van der Waals surface area (Å²) in [6, 6.07) is 9.66. The molecular weight excluding hydrogens is 400 g/mol. The van der Waals surface area contributed by atoms with Gasteiger partial charge in [0.05, 0.1) is 17.5 Å². The molecule has 1 saturated heterocycles. The molecule has 3 rings (SSSR count). The van der Waals surface area contributed by atoms with Gasteiger partial charge in [0.2, 0.25) is 11.8 Å². The molecule has 0 saturated carbocycles. The van der Waals surface area contributed by atoms with Crippen LogP contribution in [0, 0.1) is 5.82 Å². The number of hydrogen-bond acceptors (Lipinski definition) is 2. The Morgan fingerprint density at radius 3 is 2.53 bits per heavy atom. The standard InChI is InChI=1S/C22H22F4N2O2/c1-14(17-8-2-3-9-18(17)23)21(30)27-19(13-28-11-5-10-20(28)29)15-6-4-7-16(12-15)22(24,25)26/h2-4,6-9,12,14,19H,5,10-11,13H2,1H3,(H,27,30). The van der Waals surface area contributed by atoms with Crippen molar-refractivity contribution in [1.82, 2.24) is 10.2 Å². The Labute approximate surface area is 171 Å². The maximum Gasteiger partial charge on any atom is 0.416 e. The molecule has 1 aliphatic rings. The number of benzene rings is 2. The quantitative estimate of drug-likeness (QED) is 0.701. The molecule has 4 nitrogen and oxygen atoms in total. The fourth-order valence-electron chi connectivity index (χ4n) is 3.55. The van der Waals surface area contributed by atoms with E-state index in [2.05, 4.69) is 5.32 Å². The first-order valence-corrected chi connectivity index (χ1v) is 9.66. The van der Waals surface area contributed by atoms with Crippen LogP contribution in [-0.2, 0) is 15.8 Å². The van der Waals surface area contributed by atoms with E-state index < -0.39 is 35.4 Å². The average molecular weight is 422 g/mol. The Morgan fingerprint density at radius 2 is 1.90 bits per heavy atom. The SMILES string of the molecule is CC(C(=O)NC(CN1CCCC1=O)c1cccc(C(F)(F)F)c1)c1ccccc1F. The second-order valence-electron chi connectivity index (χ2n) is 7.37. The third-order valence-corrected chi connectivity index (χ3v) is 5.27. The highest BCUT2D eigenvalue weighted by atomic mass is 19.4. The third kappa shape index (κ3) is 4.98. The number of halogens is 4. The van der Waals surface area contributed by atoms with Crippen LogP contribution in [0.25, 0.3) is 0 Å². The normalized spacial score (nSPS) is 16.4. The molecule has 1 aliphatic heterocycles. The zero-order valence-electron chi connectivity index (χ0n) is 16.4. The average Bonchev–Trinajstić information content (AvgIpc) is 3.11. The second kappa shape index (κ2) is 8.85. The van der Waals surface area contributed by atoms with Gasteiger partial charge in [-0.05, 0) is 42.7 Å². The van der Waals surface area contributed by atoms with Gasteiger partial charge >= 0.3 is 6.18 Å². The van der Waals surface area contributed by atoms with E-state index in [1.807, 2.05) is 0 Å². The lowest BCUT2D eigenvalue weighted by Gasteiger charge is -2.27. The lowest BCUT2D eigenvalue weighted by atomic mass is 9.97. The molecule has 0 aliphatic carbocycles. The maximum atomic E-state index is 14.1. The van der Waals surface area contributed by atoms with Gasteiger partial charge in [-0.15, -0.1) is 0 Å². The summed E-state index contributed by atoms with van der Waals surface area (Å²) in [4.78, 5) is 26.4. The summed E-state index contributed by atoms with van der Waals surface area (Å²) in [5.41, 5.74) is -0.414. The van der Waals surface area contributed by atoms with E-state index in [1.165, 1.54) is 42.2 Å². The summed E-state index contributed by atoms with van der Waals surface area (Å²) >= 11 is 0. The van der Waals surface area contributed by atoms with E-state index in [0.29, 0.717) is 19.4 Å². The molecule has 2 atom stereocenters. The molecule has 2 aromatic carbocycles. The lowest BCUT2D eigenvalue weighted by Crippen LogP contribution is -2.40. The first-order valence-electron chi connectivity index (χ1n) is 9.66. The van der Waals surface area contributed by atoms with Crippen LogP contribution in [-0.4, -0.2) is 29.8 Å². The smallest absolute Gasteiger partial charge is 0.347 e. The Balaban J connectivity index is 1.87. The van der Waals surface area contributed by atoms with Crippen molar-refractivity contribution in [3.63, 3.8) is 0 Å². The van der Waals surface area contributed by atoms with E-state index in [1.54, 1.807) is 6.07 Å². The highest BCUT2D eigenvalue weighted by molar-refractivity contribution is 5.84. The Morgan fingerprint density at radius 1 is 1.17 bits per heavy atom. The molecule has 30 heavy (non-hydrogen) atoms. The van der Waals surface area contributed by atoms with Crippen LogP contribution in [0.3, 0.4) is 0 Å². The van der Waals surface area contributed by atoms with E-state index in [0.717, 1.165) is 12.1 Å². The highest BCUT2D eigenvalue weighted by Gasteiger charge is 2.32. The van der Waals surface area contributed by atoms with E-state index in [9.17, 15) is 27.2 Å². The number of nitrogens with zero attached hydrogens (tertiary/aromatic N) is 1. The maximum absolute atomic E-state index is 14.1. The topological polar surface area (TPSA) is 49.4 Å². The van der Waals surface area contributed by atoms with Gasteiger partial charge in [-0.25, -0.2) is 4.39 Å². The van der Waals surface area contributed by atoms with E-state index in [-0.39, 0.29) is 23.6 Å². The third-order valence-electron chi connectivity index (χ3n) is 5.27. The van der Waals surface area contributed by atoms with Crippen molar-refractivity contribution >= 4 is 11.8 Å². The van der Waals surface area contributed by atoms with Crippen molar-refractivity contribution < 1.29 is 27.2 Å². The number of amides is 2. The number of carbonyl (C=O) groups excluding carboxylic acids is 2. The van der Waals surface area contributed by atoms with Crippen molar-refractivity contribution in [2.24, 2.45) is 0 Å². The number of hydrogen-bond donors (Lipinski definition) is 1. The highest BCUT2D eigenvalue weighted by Crippen LogP contribution is 2.31. The van der Waals surface area contributed by atoms with Crippen molar-refractivity contribution in [3.8, 4) is 0 Å². The van der Waals surface area contributed by atoms with Crippen molar-refractivity contribution in [1.29, 1.82) is 0 Å². The van der Waals surface area contributed by atoms with E-state index in [4.69, 9.17) is 0 Å². The van der Waals surface area contributed by atoms with Crippen LogP contribution in [0.4, 0.5) is 17.6 Å². The van der Waals surface area contributed by atoms with Crippen LogP contribution in [0.15, 0.2) is 48.5 Å². The number of carbonyl (C=O) groups is 2. The van der Waals surface area contributed by atoms with Crippen molar-refractivity contribution in [2.45, 2.75) is 37.9 Å². The summed E-state index contributed by atoms with van der Waals surface area (Å²) in [7, 11) is 0. The fourth-order valence-corrected chi connectivity index (χ4v) is 3.55. The Hall–Kier alpha value is -2.90. The predicted molar refractivity (Wildman–Crippen MR) is 103 cm³/mol. The molecule has 160 valence electrons. The van der Waals surface area contributed by atoms with Gasteiger partial charge in [-0.3, -0.25) is 9.59 Å². The van der Waals surface area contributed by atoms with Crippen LogP contribution < -0.4 is 5.32 Å². The number of likely N-dealkylation sites (tertiary alicyclic amines) is 1. The first kappa shape index (κ1) is 21.8. The van der Waals surface area contributed by atoms with E-state index >= 15 is 0 Å². The molecule has 2 amide bonds. The first-order chi connectivity index (χ1) is 14.2. The monoisotopic (exact) mass is 422 g/mol. The zero-order chi connectivity index (χ0) is 21.9. The summed E-state index contributed by atoms with van der Waals surface area (Å²) in [6.45, 7) is 2.06. The number of alkyl halides is 3. The van der Waals surface area contributed by atoms with Gasteiger partial charge in [0, 0.05) is 19.5 Å². The van der Waals surface area contributed by atoms with Gasteiger partial charge < -0.3 is 10.2 Å². The molecule has 1 heterocycles. The molecular formula is C22H22F4N2O2. The largest absolute Gasteiger partial charge is 0.416 e. The molecule has 0 aromatic heterocycles. The molecule has 2 aromatic rings. The zero-order valence-corrected chi connectivity index (χ0v) is 16.4. The minimum absolute atomic E-state index is 0.0515. The number of nitrogens with one attached hydrogen (secondary N) is 1. The molecule has 0 radical (unpaired) electrons. The van der Waals surface area contributed by atoms with Crippen LogP contribution >= 0.6 is 0 Å². The van der Waals surface area contributed by atoms with Gasteiger partial charge in [0.1, 0.15) is 5.82 Å². The molecule has 8 heteroatoms. The van der Waals surface area contributed by atoms with Gasteiger partial charge in [0.15, 0.2) is 0 Å². The van der Waals surface area contributed by atoms with Crippen LogP contribution in [0.5, 0.6) is 0 Å². The molecule has 0 spiro atoms.